The molecule has 0 aromatic heterocycles. The Morgan fingerprint density at radius 2 is 2.16 bits per heavy atom. The van der Waals surface area contributed by atoms with E-state index < -0.39 is 5.97 Å². The van der Waals surface area contributed by atoms with Crippen LogP contribution in [-0.4, -0.2) is 29.1 Å². The number of hydrogen-bond acceptors (Lipinski definition) is 2. The second-order valence-corrected chi connectivity index (χ2v) is 5.74. The summed E-state index contributed by atoms with van der Waals surface area (Å²) in [5.74, 6) is -0.116. The van der Waals surface area contributed by atoms with Gasteiger partial charge in [0.1, 0.15) is 0 Å². The predicted octanol–water partition coefficient (Wildman–Crippen LogP) is 2.99. The first-order valence-electron chi connectivity index (χ1n) is 7.05. The normalized spacial score (nSPS) is 19.8. The number of aryl methyl sites for hydroxylation is 2. The summed E-state index contributed by atoms with van der Waals surface area (Å²) in [6, 6.07) is 6.65. The molecule has 1 unspecified atom stereocenters. The average molecular weight is 261 g/mol. The van der Waals surface area contributed by atoms with E-state index in [9.17, 15) is 4.79 Å². The fourth-order valence-corrected chi connectivity index (χ4v) is 2.78. The van der Waals surface area contributed by atoms with Gasteiger partial charge in [0.15, 0.2) is 0 Å². The molecule has 1 saturated heterocycles. The summed E-state index contributed by atoms with van der Waals surface area (Å²) >= 11 is 0. The van der Waals surface area contributed by atoms with Gasteiger partial charge in [-0.2, -0.15) is 0 Å². The zero-order valence-corrected chi connectivity index (χ0v) is 11.9. The predicted molar refractivity (Wildman–Crippen MR) is 76.2 cm³/mol. The molecular formula is C16H23NO2. The van der Waals surface area contributed by atoms with Crippen molar-refractivity contribution in [3.05, 3.63) is 34.9 Å². The minimum Gasteiger partial charge on any atom is -0.481 e. The van der Waals surface area contributed by atoms with Crippen LogP contribution in [0.15, 0.2) is 18.2 Å². The van der Waals surface area contributed by atoms with Crippen molar-refractivity contribution in [1.29, 1.82) is 0 Å². The molecule has 0 spiro atoms. The molecule has 3 heteroatoms. The Kier molecular flexibility index (Phi) is 4.59. The summed E-state index contributed by atoms with van der Waals surface area (Å²) in [5, 5.41) is 8.72. The van der Waals surface area contributed by atoms with Crippen LogP contribution in [0.2, 0.25) is 0 Å². The topological polar surface area (TPSA) is 40.5 Å². The molecule has 1 heterocycles. The SMILES string of the molecule is Cc1ccc(CN2CCC(CCC(=O)O)C2)cc1C. The standard InChI is InChI=1S/C16H23NO2/c1-12-3-4-15(9-13(12)2)11-17-8-7-14(10-17)5-6-16(18)19/h3-4,9,14H,5-8,10-11H2,1-2H3,(H,18,19). The first kappa shape index (κ1) is 14.1. The number of carboxylic acid groups (broad SMARTS) is 1. The van der Waals surface area contributed by atoms with Gasteiger partial charge < -0.3 is 5.11 Å². The quantitative estimate of drug-likeness (QED) is 0.885. The Bertz CT molecular complexity index is 456. The van der Waals surface area contributed by atoms with Crippen LogP contribution in [0.4, 0.5) is 0 Å². The monoisotopic (exact) mass is 261 g/mol. The molecular weight excluding hydrogens is 238 g/mol. The molecule has 1 aromatic carbocycles. The minimum absolute atomic E-state index is 0.308. The molecule has 0 amide bonds. The highest BCUT2D eigenvalue weighted by atomic mass is 16.4. The third-order valence-corrected chi connectivity index (χ3v) is 4.11. The summed E-state index contributed by atoms with van der Waals surface area (Å²) in [6.45, 7) is 7.41. The van der Waals surface area contributed by atoms with Crippen molar-refractivity contribution in [2.75, 3.05) is 13.1 Å². The highest BCUT2D eigenvalue weighted by molar-refractivity contribution is 5.66. The number of carboxylic acids is 1. The van der Waals surface area contributed by atoms with Crippen molar-refractivity contribution in [1.82, 2.24) is 4.90 Å². The van der Waals surface area contributed by atoms with Crippen LogP contribution in [0.1, 0.15) is 36.0 Å². The molecule has 2 rings (SSSR count). The van der Waals surface area contributed by atoms with E-state index in [0.717, 1.165) is 32.5 Å². The van der Waals surface area contributed by atoms with E-state index in [2.05, 4.69) is 36.9 Å². The Balaban J connectivity index is 1.84. The van der Waals surface area contributed by atoms with Gasteiger partial charge in [-0.25, -0.2) is 0 Å². The zero-order valence-electron chi connectivity index (χ0n) is 11.9. The Labute approximate surface area is 115 Å². The molecule has 1 aromatic rings. The van der Waals surface area contributed by atoms with Gasteiger partial charge in [0.05, 0.1) is 0 Å². The minimum atomic E-state index is -0.674. The summed E-state index contributed by atoms with van der Waals surface area (Å²) in [7, 11) is 0. The number of likely N-dealkylation sites (tertiary alicyclic amines) is 1. The van der Waals surface area contributed by atoms with Gasteiger partial charge in [-0.3, -0.25) is 9.69 Å². The van der Waals surface area contributed by atoms with Crippen LogP contribution in [0.5, 0.6) is 0 Å². The molecule has 19 heavy (non-hydrogen) atoms. The summed E-state index contributed by atoms with van der Waals surface area (Å²) in [6.07, 6.45) is 2.26. The third kappa shape index (κ3) is 4.06. The highest BCUT2D eigenvalue weighted by Gasteiger charge is 2.22. The molecule has 1 atom stereocenters. The summed E-state index contributed by atoms with van der Waals surface area (Å²) in [5.41, 5.74) is 4.05. The van der Waals surface area contributed by atoms with Gasteiger partial charge in [0.25, 0.3) is 0 Å². The number of hydrogen-bond donors (Lipinski definition) is 1. The molecule has 1 aliphatic rings. The highest BCUT2D eigenvalue weighted by Crippen LogP contribution is 2.23. The number of nitrogens with zero attached hydrogens (tertiary/aromatic N) is 1. The number of rotatable bonds is 5. The fraction of sp³-hybridized carbons (Fsp3) is 0.562. The first-order valence-corrected chi connectivity index (χ1v) is 7.05. The van der Waals surface area contributed by atoms with Gasteiger partial charge in [-0.15, -0.1) is 0 Å². The van der Waals surface area contributed by atoms with E-state index in [4.69, 9.17) is 5.11 Å². The van der Waals surface area contributed by atoms with Gasteiger partial charge >= 0.3 is 5.97 Å². The third-order valence-electron chi connectivity index (χ3n) is 4.11. The number of aliphatic carboxylic acids is 1. The maximum Gasteiger partial charge on any atom is 0.303 e. The van der Waals surface area contributed by atoms with E-state index in [1.54, 1.807) is 0 Å². The van der Waals surface area contributed by atoms with Gasteiger partial charge in [0, 0.05) is 19.5 Å². The van der Waals surface area contributed by atoms with Crippen molar-refractivity contribution >= 4 is 5.97 Å². The lowest BCUT2D eigenvalue weighted by Gasteiger charge is -2.16. The van der Waals surface area contributed by atoms with Gasteiger partial charge in [-0.1, -0.05) is 18.2 Å². The summed E-state index contributed by atoms with van der Waals surface area (Å²) < 4.78 is 0. The lowest BCUT2D eigenvalue weighted by molar-refractivity contribution is -0.137. The molecule has 1 aliphatic heterocycles. The second-order valence-electron chi connectivity index (χ2n) is 5.74. The number of carbonyl (C=O) groups is 1. The van der Waals surface area contributed by atoms with Crippen LogP contribution in [-0.2, 0) is 11.3 Å². The van der Waals surface area contributed by atoms with E-state index in [0.29, 0.717) is 12.3 Å². The molecule has 1 N–H and O–H groups in total. The van der Waals surface area contributed by atoms with E-state index in [-0.39, 0.29) is 0 Å². The molecule has 1 fully saturated rings. The van der Waals surface area contributed by atoms with Crippen molar-refractivity contribution in [3.63, 3.8) is 0 Å². The smallest absolute Gasteiger partial charge is 0.303 e. The van der Waals surface area contributed by atoms with Gasteiger partial charge in [0.2, 0.25) is 0 Å². The second kappa shape index (κ2) is 6.20. The Hall–Kier alpha value is -1.35. The average Bonchev–Trinajstić information content (AvgIpc) is 2.79. The van der Waals surface area contributed by atoms with Crippen LogP contribution < -0.4 is 0 Å². The lowest BCUT2D eigenvalue weighted by Crippen LogP contribution is -2.20. The molecule has 0 saturated carbocycles. The van der Waals surface area contributed by atoms with Crippen LogP contribution in [0, 0.1) is 19.8 Å². The maximum atomic E-state index is 10.6. The molecule has 0 bridgehead atoms. The molecule has 3 nitrogen and oxygen atoms in total. The largest absolute Gasteiger partial charge is 0.481 e. The van der Waals surface area contributed by atoms with E-state index >= 15 is 0 Å². The fourth-order valence-electron chi connectivity index (χ4n) is 2.78. The van der Waals surface area contributed by atoms with Crippen LogP contribution >= 0.6 is 0 Å². The molecule has 0 aliphatic carbocycles. The van der Waals surface area contributed by atoms with E-state index in [1.165, 1.54) is 16.7 Å². The van der Waals surface area contributed by atoms with E-state index in [1.807, 2.05) is 0 Å². The first-order chi connectivity index (χ1) is 9.04. The van der Waals surface area contributed by atoms with Crippen molar-refractivity contribution in [2.24, 2.45) is 5.92 Å². The zero-order chi connectivity index (χ0) is 13.8. The Morgan fingerprint density at radius 1 is 1.37 bits per heavy atom. The summed E-state index contributed by atoms with van der Waals surface area (Å²) in [4.78, 5) is 13.0. The lowest BCUT2D eigenvalue weighted by atomic mass is 10.0. The van der Waals surface area contributed by atoms with Crippen molar-refractivity contribution < 1.29 is 9.90 Å². The Morgan fingerprint density at radius 3 is 2.84 bits per heavy atom. The van der Waals surface area contributed by atoms with Crippen LogP contribution in [0.3, 0.4) is 0 Å². The van der Waals surface area contributed by atoms with Crippen LogP contribution in [0.25, 0.3) is 0 Å². The molecule has 0 radical (unpaired) electrons. The molecule has 104 valence electrons. The van der Waals surface area contributed by atoms with Crippen molar-refractivity contribution in [3.8, 4) is 0 Å². The maximum absolute atomic E-state index is 10.6. The van der Waals surface area contributed by atoms with Gasteiger partial charge in [-0.05, 0) is 55.8 Å². The number of benzene rings is 1. The van der Waals surface area contributed by atoms with Crippen molar-refractivity contribution in [2.45, 2.75) is 39.7 Å².